The van der Waals surface area contributed by atoms with E-state index in [2.05, 4.69) is 41.7 Å². The van der Waals surface area contributed by atoms with Gasteiger partial charge in [0.15, 0.2) is 0 Å². The summed E-state index contributed by atoms with van der Waals surface area (Å²) >= 11 is 0. The first-order valence-corrected chi connectivity index (χ1v) is 4.90. The summed E-state index contributed by atoms with van der Waals surface area (Å²) in [5.41, 5.74) is 1.28. The smallest absolute Gasteiger partial charge is 0.0140 e. The van der Waals surface area contributed by atoms with Crippen molar-refractivity contribution in [2.45, 2.75) is 18.9 Å². The van der Waals surface area contributed by atoms with Gasteiger partial charge in [-0.2, -0.15) is 0 Å². The molecule has 2 rings (SSSR count). The second kappa shape index (κ2) is 5.84. The predicted octanol–water partition coefficient (Wildman–Crippen LogP) is 2.87. The van der Waals surface area contributed by atoms with Gasteiger partial charge in [0.25, 0.3) is 0 Å². The average molecular weight is 210 g/mol. The highest BCUT2D eigenvalue weighted by atomic mass is 35.5. The minimum atomic E-state index is 0. The molecule has 1 N–H and O–H groups in total. The van der Waals surface area contributed by atoms with Crippen LogP contribution in [-0.2, 0) is 0 Å². The Morgan fingerprint density at radius 1 is 1.21 bits per heavy atom. The molecule has 0 aliphatic heterocycles. The van der Waals surface area contributed by atoms with Crippen LogP contribution in [0.1, 0.15) is 18.4 Å². The van der Waals surface area contributed by atoms with E-state index in [1.807, 2.05) is 6.07 Å². The third-order valence-corrected chi connectivity index (χ3v) is 2.21. The molecule has 0 saturated heterocycles. The summed E-state index contributed by atoms with van der Waals surface area (Å²) in [6.45, 7) is 1.000. The minimum absolute atomic E-state index is 0. The van der Waals surface area contributed by atoms with Crippen molar-refractivity contribution >= 4 is 18.5 Å². The molecule has 0 radical (unpaired) electrons. The molecule has 2 heteroatoms. The first-order chi connectivity index (χ1) is 6.45. The number of rotatable bonds is 4. The Bertz CT molecular complexity index is 278. The van der Waals surface area contributed by atoms with Crippen LogP contribution < -0.4 is 5.32 Å². The second-order valence-electron chi connectivity index (χ2n) is 3.50. The summed E-state index contributed by atoms with van der Waals surface area (Å²) in [5, 5.41) is 3.44. The molecule has 0 heterocycles. The molecule has 0 atom stereocenters. The van der Waals surface area contributed by atoms with Crippen molar-refractivity contribution in [1.82, 2.24) is 5.32 Å². The Labute approximate surface area is 91.6 Å². The van der Waals surface area contributed by atoms with E-state index < -0.39 is 0 Å². The van der Waals surface area contributed by atoms with E-state index in [1.165, 1.54) is 18.4 Å². The molecule has 0 amide bonds. The van der Waals surface area contributed by atoms with Gasteiger partial charge in [0.05, 0.1) is 0 Å². The van der Waals surface area contributed by atoms with Crippen molar-refractivity contribution < 1.29 is 0 Å². The first-order valence-electron chi connectivity index (χ1n) is 4.90. The molecule has 1 aliphatic carbocycles. The monoisotopic (exact) mass is 209 g/mol. The number of hydrogen-bond donors (Lipinski definition) is 1. The molecule has 14 heavy (non-hydrogen) atoms. The van der Waals surface area contributed by atoms with Crippen molar-refractivity contribution in [3.05, 3.63) is 42.0 Å². The Morgan fingerprint density at radius 2 is 1.93 bits per heavy atom. The molecule has 1 saturated carbocycles. The van der Waals surface area contributed by atoms with Gasteiger partial charge < -0.3 is 5.32 Å². The third kappa shape index (κ3) is 3.95. The Kier molecular flexibility index (Phi) is 4.71. The van der Waals surface area contributed by atoms with Gasteiger partial charge in [0, 0.05) is 12.6 Å². The van der Waals surface area contributed by atoms with Crippen LogP contribution in [0.3, 0.4) is 0 Å². The lowest BCUT2D eigenvalue weighted by Crippen LogP contribution is -2.15. The fourth-order valence-electron chi connectivity index (χ4n) is 1.28. The van der Waals surface area contributed by atoms with E-state index >= 15 is 0 Å². The maximum absolute atomic E-state index is 3.44. The molecule has 1 fully saturated rings. The molecule has 0 spiro atoms. The normalized spacial score (nSPS) is 15.4. The van der Waals surface area contributed by atoms with Crippen molar-refractivity contribution in [2.75, 3.05) is 6.54 Å². The lowest BCUT2D eigenvalue weighted by Gasteiger charge is -1.95. The lowest BCUT2D eigenvalue weighted by atomic mass is 10.2. The third-order valence-electron chi connectivity index (χ3n) is 2.21. The van der Waals surface area contributed by atoms with Crippen LogP contribution in [0.4, 0.5) is 0 Å². The highest BCUT2D eigenvalue weighted by Crippen LogP contribution is 2.18. The molecular weight excluding hydrogens is 194 g/mol. The van der Waals surface area contributed by atoms with Gasteiger partial charge in [-0.05, 0) is 18.4 Å². The zero-order valence-electron chi connectivity index (χ0n) is 8.15. The summed E-state index contributed by atoms with van der Waals surface area (Å²) in [7, 11) is 0. The van der Waals surface area contributed by atoms with Crippen LogP contribution in [0.2, 0.25) is 0 Å². The van der Waals surface area contributed by atoms with E-state index in [1.54, 1.807) is 0 Å². The van der Waals surface area contributed by atoms with Crippen LogP contribution in [0.25, 0.3) is 6.08 Å². The zero-order chi connectivity index (χ0) is 8.93. The van der Waals surface area contributed by atoms with Gasteiger partial charge in [0.2, 0.25) is 0 Å². The highest BCUT2D eigenvalue weighted by Gasteiger charge is 2.18. The van der Waals surface area contributed by atoms with E-state index in [0.29, 0.717) is 0 Å². The molecule has 1 aliphatic rings. The second-order valence-corrected chi connectivity index (χ2v) is 3.50. The average Bonchev–Trinajstić information content (AvgIpc) is 2.98. The van der Waals surface area contributed by atoms with Crippen LogP contribution in [0, 0.1) is 0 Å². The topological polar surface area (TPSA) is 12.0 Å². The molecule has 1 aromatic carbocycles. The molecule has 0 bridgehead atoms. The molecule has 1 nitrogen and oxygen atoms in total. The fraction of sp³-hybridized carbons (Fsp3) is 0.333. The van der Waals surface area contributed by atoms with Gasteiger partial charge in [-0.25, -0.2) is 0 Å². The quantitative estimate of drug-likeness (QED) is 0.804. The molecule has 76 valence electrons. The standard InChI is InChI=1S/C12H15N.ClH/c1-2-5-11(6-3-1)7-4-10-13-12-8-9-12;/h1-7,12-13H,8-10H2;1H. The molecule has 1 aromatic rings. The van der Waals surface area contributed by atoms with E-state index in [0.717, 1.165) is 12.6 Å². The number of nitrogens with one attached hydrogen (secondary N) is 1. The maximum atomic E-state index is 3.44. The largest absolute Gasteiger partial charge is 0.311 e. The number of benzene rings is 1. The molecular formula is C12H16ClN. The van der Waals surface area contributed by atoms with E-state index in [4.69, 9.17) is 0 Å². The maximum Gasteiger partial charge on any atom is 0.0140 e. The number of hydrogen-bond acceptors (Lipinski definition) is 1. The highest BCUT2D eigenvalue weighted by molar-refractivity contribution is 5.85. The van der Waals surface area contributed by atoms with Crippen LogP contribution in [0.15, 0.2) is 36.4 Å². The van der Waals surface area contributed by atoms with Gasteiger partial charge >= 0.3 is 0 Å². The Balaban J connectivity index is 0.000000980. The molecule has 0 aromatic heterocycles. The summed E-state index contributed by atoms with van der Waals surface area (Å²) in [6, 6.07) is 11.2. The SMILES string of the molecule is C(=Cc1ccccc1)CNC1CC1.Cl. The van der Waals surface area contributed by atoms with E-state index in [9.17, 15) is 0 Å². The Hall–Kier alpha value is -0.790. The van der Waals surface area contributed by atoms with Gasteiger partial charge in [-0.3, -0.25) is 0 Å². The first kappa shape index (κ1) is 11.3. The Morgan fingerprint density at radius 3 is 2.57 bits per heavy atom. The van der Waals surface area contributed by atoms with Crippen molar-refractivity contribution in [1.29, 1.82) is 0 Å². The van der Waals surface area contributed by atoms with Gasteiger partial charge in [-0.15, -0.1) is 12.4 Å². The summed E-state index contributed by atoms with van der Waals surface area (Å²) in [5.74, 6) is 0. The van der Waals surface area contributed by atoms with Crippen LogP contribution in [-0.4, -0.2) is 12.6 Å². The fourth-order valence-corrected chi connectivity index (χ4v) is 1.28. The summed E-state index contributed by atoms with van der Waals surface area (Å²) < 4.78 is 0. The van der Waals surface area contributed by atoms with Gasteiger partial charge in [0.1, 0.15) is 0 Å². The van der Waals surface area contributed by atoms with Gasteiger partial charge in [-0.1, -0.05) is 42.5 Å². The van der Waals surface area contributed by atoms with Crippen molar-refractivity contribution in [3.8, 4) is 0 Å². The summed E-state index contributed by atoms with van der Waals surface area (Å²) in [4.78, 5) is 0. The van der Waals surface area contributed by atoms with Crippen LogP contribution >= 0.6 is 12.4 Å². The number of halogens is 1. The molecule has 0 unspecified atom stereocenters. The van der Waals surface area contributed by atoms with Crippen molar-refractivity contribution in [2.24, 2.45) is 0 Å². The zero-order valence-corrected chi connectivity index (χ0v) is 8.96. The van der Waals surface area contributed by atoms with Crippen molar-refractivity contribution in [3.63, 3.8) is 0 Å². The van der Waals surface area contributed by atoms with E-state index in [-0.39, 0.29) is 12.4 Å². The lowest BCUT2D eigenvalue weighted by molar-refractivity contribution is 0.754. The van der Waals surface area contributed by atoms with Crippen LogP contribution in [0.5, 0.6) is 0 Å². The summed E-state index contributed by atoms with van der Waals surface area (Å²) in [6.07, 6.45) is 7.07. The minimum Gasteiger partial charge on any atom is -0.311 e. The predicted molar refractivity (Wildman–Crippen MR) is 63.7 cm³/mol.